The first-order chi connectivity index (χ1) is 13.5. The van der Waals surface area contributed by atoms with Crippen molar-refractivity contribution >= 4 is 39.7 Å². The fraction of sp³-hybridized carbons (Fsp3) is 0. The lowest BCUT2D eigenvalue weighted by atomic mass is 10.1. The third kappa shape index (κ3) is 3.45. The highest BCUT2D eigenvalue weighted by Crippen LogP contribution is 2.32. The molecule has 0 radical (unpaired) electrons. The number of nitro benzene ring substituents is 1. The summed E-state index contributed by atoms with van der Waals surface area (Å²) >= 11 is 6.12. The van der Waals surface area contributed by atoms with Crippen molar-refractivity contribution in [3.8, 4) is 11.3 Å². The molecule has 3 aromatic carbocycles. The van der Waals surface area contributed by atoms with Crippen molar-refractivity contribution in [3.05, 3.63) is 93.7 Å². The molecule has 0 bridgehead atoms. The van der Waals surface area contributed by atoms with Gasteiger partial charge in [-0.1, -0.05) is 41.9 Å². The second kappa shape index (κ2) is 7.17. The summed E-state index contributed by atoms with van der Waals surface area (Å²) in [5.74, 6) is 0.0562. The highest BCUT2D eigenvalue weighted by atomic mass is 35.5. The molecule has 0 atom stereocenters. The minimum atomic E-state index is -0.528. The summed E-state index contributed by atoms with van der Waals surface area (Å²) in [4.78, 5) is 22.8. The Hall–Kier alpha value is -3.64. The van der Waals surface area contributed by atoms with Crippen molar-refractivity contribution in [2.45, 2.75) is 0 Å². The van der Waals surface area contributed by atoms with Gasteiger partial charge in [-0.3, -0.25) is 14.9 Å². The second-order valence-corrected chi connectivity index (χ2v) is 6.51. The van der Waals surface area contributed by atoms with Crippen LogP contribution in [0.4, 0.5) is 11.4 Å². The Balaban J connectivity index is 1.56. The van der Waals surface area contributed by atoms with Crippen LogP contribution in [-0.4, -0.2) is 10.8 Å². The summed E-state index contributed by atoms with van der Waals surface area (Å²) in [7, 11) is 0. The van der Waals surface area contributed by atoms with Gasteiger partial charge in [-0.25, -0.2) is 0 Å². The maximum absolute atomic E-state index is 12.5. The Bertz CT molecular complexity index is 1220. The molecule has 0 aliphatic heterocycles. The van der Waals surface area contributed by atoms with E-state index in [0.29, 0.717) is 17.0 Å². The molecule has 0 saturated heterocycles. The van der Waals surface area contributed by atoms with Gasteiger partial charge in [-0.05, 0) is 41.1 Å². The second-order valence-electron chi connectivity index (χ2n) is 6.10. The minimum absolute atomic E-state index is 0.109. The molecule has 1 amide bonds. The predicted molar refractivity (Wildman–Crippen MR) is 108 cm³/mol. The molecule has 28 heavy (non-hydrogen) atoms. The van der Waals surface area contributed by atoms with E-state index in [1.807, 2.05) is 42.5 Å². The normalized spacial score (nSPS) is 10.8. The Morgan fingerprint density at radius 2 is 1.75 bits per heavy atom. The molecule has 1 N–H and O–H groups in total. The third-order valence-corrected chi connectivity index (χ3v) is 4.58. The Labute approximate surface area is 164 Å². The van der Waals surface area contributed by atoms with Gasteiger partial charge in [0.05, 0.1) is 9.95 Å². The van der Waals surface area contributed by atoms with Gasteiger partial charge >= 0.3 is 0 Å². The quantitative estimate of drug-likeness (QED) is 0.345. The number of non-ortho nitro benzene ring substituents is 1. The smallest absolute Gasteiger partial charge is 0.291 e. The van der Waals surface area contributed by atoms with Crippen molar-refractivity contribution in [1.82, 2.24) is 0 Å². The lowest BCUT2D eigenvalue weighted by molar-refractivity contribution is -0.384. The van der Waals surface area contributed by atoms with Crippen molar-refractivity contribution in [2.75, 3.05) is 5.32 Å². The highest BCUT2D eigenvalue weighted by molar-refractivity contribution is 6.33. The number of rotatable bonds is 4. The van der Waals surface area contributed by atoms with Gasteiger partial charge in [-0.15, -0.1) is 0 Å². The van der Waals surface area contributed by atoms with Crippen LogP contribution in [0.25, 0.3) is 22.1 Å². The number of carbonyl (C=O) groups is 1. The van der Waals surface area contributed by atoms with Gasteiger partial charge in [0, 0.05) is 23.4 Å². The first-order valence-electron chi connectivity index (χ1n) is 8.35. The molecule has 4 aromatic rings. The van der Waals surface area contributed by atoms with Crippen LogP contribution in [0.5, 0.6) is 0 Å². The lowest BCUT2D eigenvalue weighted by Crippen LogP contribution is -2.10. The molecule has 0 fully saturated rings. The SMILES string of the molecule is O=C(Nc1ccc2ccccc2c1)c1ccc(-c2ccc([N+](=O)[O-])cc2Cl)o1. The van der Waals surface area contributed by atoms with Crippen molar-refractivity contribution in [1.29, 1.82) is 0 Å². The number of benzene rings is 3. The van der Waals surface area contributed by atoms with Crippen LogP contribution in [-0.2, 0) is 0 Å². The number of anilines is 1. The number of carbonyl (C=O) groups excluding carboxylic acids is 1. The molecule has 0 unspecified atom stereocenters. The highest BCUT2D eigenvalue weighted by Gasteiger charge is 2.16. The average molecular weight is 393 g/mol. The number of hydrogen-bond donors (Lipinski definition) is 1. The Morgan fingerprint density at radius 1 is 0.964 bits per heavy atom. The van der Waals surface area contributed by atoms with Crippen LogP contribution in [0, 0.1) is 10.1 Å². The van der Waals surface area contributed by atoms with E-state index in [1.54, 1.807) is 6.07 Å². The van der Waals surface area contributed by atoms with E-state index >= 15 is 0 Å². The molecule has 138 valence electrons. The van der Waals surface area contributed by atoms with E-state index in [0.717, 1.165) is 10.8 Å². The number of hydrogen-bond acceptors (Lipinski definition) is 4. The van der Waals surface area contributed by atoms with Gasteiger partial charge < -0.3 is 9.73 Å². The molecule has 6 nitrogen and oxygen atoms in total. The van der Waals surface area contributed by atoms with Crippen molar-refractivity contribution in [2.24, 2.45) is 0 Å². The molecular weight excluding hydrogens is 380 g/mol. The van der Waals surface area contributed by atoms with E-state index in [-0.39, 0.29) is 16.5 Å². The predicted octanol–water partition coefficient (Wildman–Crippen LogP) is 5.91. The van der Waals surface area contributed by atoms with Crippen LogP contribution in [0.1, 0.15) is 10.6 Å². The van der Waals surface area contributed by atoms with E-state index in [9.17, 15) is 14.9 Å². The first kappa shape index (κ1) is 17.8. The molecule has 0 aliphatic carbocycles. The molecule has 0 spiro atoms. The molecule has 1 aromatic heterocycles. The molecule has 0 aliphatic rings. The first-order valence-corrected chi connectivity index (χ1v) is 8.73. The lowest BCUT2D eigenvalue weighted by Gasteiger charge is -2.05. The van der Waals surface area contributed by atoms with E-state index in [2.05, 4.69) is 5.32 Å². The van der Waals surface area contributed by atoms with Crippen LogP contribution >= 0.6 is 11.6 Å². The topological polar surface area (TPSA) is 85.4 Å². The van der Waals surface area contributed by atoms with Gasteiger partial charge in [0.25, 0.3) is 11.6 Å². The summed E-state index contributed by atoms with van der Waals surface area (Å²) in [5.41, 5.74) is 1.00. The number of halogens is 1. The van der Waals surface area contributed by atoms with E-state index in [1.165, 1.54) is 24.3 Å². The zero-order valence-corrected chi connectivity index (χ0v) is 15.1. The minimum Gasteiger partial charge on any atom is -0.451 e. The number of furan rings is 1. The molecule has 0 saturated carbocycles. The number of nitrogens with zero attached hydrogens (tertiary/aromatic N) is 1. The maximum Gasteiger partial charge on any atom is 0.291 e. The number of fused-ring (bicyclic) bond motifs is 1. The zero-order chi connectivity index (χ0) is 19.7. The van der Waals surface area contributed by atoms with E-state index in [4.69, 9.17) is 16.0 Å². The summed E-state index contributed by atoms with van der Waals surface area (Å²) in [6.45, 7) is 0. The molecule has 4 rings (SSSR count). The average Bonchev–Trinajstić information content (AvgIpc) is 3.18. The van der Waals surface area contributed by atoms with Crippen LogP contribution in [0.3, 0.4) is 0 Å². The summed E-state index contributed by atoms with van der Waals surface area (Å²) in [5, 5.41) is 15.9. The Kier molecular flexibility index (Phi) is 4.55. The number of nitrogens with one attached hydrogen (secondary N) is 1. The van der Waals surface area contributed by atoms with Gasteiger partial charge in [-0.2, -0.15) is 0 Å². The molecular formula is C21H13ClN2O4. The van der Waals surface area contributed by atoms with Crippen LogP contribution in [0.15, 0.2) is 77.2 Å². The number of amides is 1. The Morgan fingerprint density at radius 3 is 2.50 bits per heavy atom. The van der Waals surface area contributed by atoms with Crippen LogP contribution < -0.4 is 5.32 Å². The maximum atomic E-state index is 12.5. The summed E-state index contributed by atoms with van der Waals surface area (Å²) < 4.78 is 5.61. The summed E-state index contributed by atoms with van der Waals surface area (Å²) in [6.07, 6.45) is 0. The fourth-order valence-corrected chi connectivity index (χ4v) is 3.15. The van der Waals surface area contributed by atoms with Gasteiger partial charge in [0.1, 0.15) is 5.76 Å². The van der Waals surface area contributed by atoms with E-state index < -0.39 is 10.8 Å². The van der Waals surface area contributed by atoms with Crippen LogP contribution in [0.2, 0.25) is 5.02 Å². The molecule has 1 heterocycles. The standard InChI is InChI=1S/C21H13ClN2O4/c22-18-12-16(24(26)27)7-8-17(18)19-9-10-20(28-19)21(25)23-15-6-5-13-3-1-2-4-14(13)11-15/h1-12H,(H,23,25). The van der Waals surface area contributed by atoms with Crippen molar-refractivity contribution in [3.63, 3.8) is 0 Å². The zero-order valence-electron chi connectivity index (χ0n) is 14.4. The van der Waals surface area contributed by atoms with Gasteiger partial charge in [0.15, 0.2) is 5.76 Å². The summed E-state index contributed by atoms with van der Waals surface area (Å²) in [6, 6.07) is 20.7. The van der Waals surface area contributed by atoms with Crippen molar-refractivity contribution < 1.29 is 14.1 Å². The third-order valence-electron chi connectivity index (χ3n) is 4.27. The number of nitro groups is 1. The monoisotopic (exact) mass is 392 g/mol. The van der Waals surface area contributed by atoms with Gasteiger partial charge in [0.2, 0.25) is 0 Å². The fourth-order valence-electron chi connectivity index (χ4n) is 2.88. The molecule has 7 heteroatoms. The largest absolute Gasteiger partial charge is 0.451 e.